The molecule has 1 atom stereocenters. The lowest BCUT2D eigenvalue weighted by Crippen LogP contribution is -2.62. The summed E-state index contributed by atoms with van der Waals surface area (Å²) in [5.41, 5.74) is 0.336. The fraction of sp³-hybridized carbons (Fsp3) is 1.00. The van der Waals surface area contributed by atoms with Gasteiger partial charge in [0.1, 0.15) is 0 Å². The maximum atomic E-state index is 3.68. The second-order valence-electron chi connectivity index (χ2n) is 5.47. The topological polar surface area (TPSA) is 15.3 Å². The van der Waals surface area contributed by atoms with Crippen molar-refractivity contribution in [1.29, 1.82) is 0 Å². The number of rotatable bonds is 6. The molecule has 1 fully saturated rings. The Morgan fingerprint density at radius 3 is 2.81 bits per heavy atom. The van der Waals surface area contributed by atoms with Gasteiger partial charge in [-0.15, -0.1) is 0 Å². The number of nitrogens with zero attached hydrogens (tertiary/aromatic N) is 1. The Labute approximate surface area is 106 Å². The molecule has 0 aromatic heterocycles. The van der Waals surface area contributed by atoms with Crippen LogP contribution >= 0.6 is 11.8 Å². The van der Waals surface area contributed by atoms with Gasteiger partial charge in [-0.2, -0.15) is 11.8 Å². The zero-order chi connectivity index (χ0) is 12.0. The molecular formula is C13H28N2S. The highest BCUT2D eigenvalue weighted by Gasteiger charge is 2.32. The van der Waals surface area contributed by atoms with E-state index in [0.29, 0.717) is 11.6 Å². The molecule has 0 radical (unpaired) electrons. The smallest absolute Gasteiger partial charge is 0.0278 e. The Hall–Kier alpha value is 0.270. The summed E-state index contributed by atoms with van der Waals surface area (Å²) in [5.74, 6) is 1.29. The van der Waals surface area contributed by atoms with Crippen LogP contribution in [0.3, 0.4) is 0 Å². The molecule has 0 aliphatic carbocycles. The lowest BCUT2D eigenvalue weighted by atomic mass is 9.95. The van der Waals surface area contributed by atoms with Gasteiger partial charge in [-0.05, 0) is 45.2 Å². The van der Waals surface area contributed by atoms with Gasteiger partial charge < -0.3 is 5.32 Å². The number of thioether (sulfide) groups is 1. The molecule has 96 valence electrons. The number of hydrogen-bond donors (Lipinski definition) is 1. The third-order valence-corrected chi connectivity index (χ3v) is 4.23. The average Bonchev–Trinajstić information content (AvgIpc) is 2.23. The first-order chi connectivity index (χ1) is 7.60. The highest BCUT2D eigenvalue weighted by Crippen LogP contribution is 2.20. The lowest BCUT2D eigenvalue weighted by Gasteiger charge is -2.46. The number of hydrogen-bond acceptors (Lipinski definition) is 3. The SMILES string of the molecule is CCCC1CN(CCCSC)C(C)(C)CN1. The fourth-order valence-corrected chi connectivity index (χ4v) is 2.84. The molecule has 1 unspecified atom stereocenters. The molecule has 1 aliphatic heterocycles. The quantitative estimate of drug-likeness (QED) is 0.723. The van der Waals surface area contributed by atoms with E-state index in [9.17, 15) is 0 Å². The van der Waals surface area contributed by atoms with Crippen LogP contribution in [0, 0.1) is 0 Å². The van der Waals surface area contributed by atoms with E-state index in [1.807, 2.05) is 11.8 Å². The summed E-state index contributed by atoms with van der Waals surface area (Å²) in [7, 11) is 0. The van der Waals surface area contributed by atoms with E-state index in [4.69, 9.17) is 0 Å². The molecule has 0 spiro atoms. The van der Waals surface area contributed by atoms with Gasteiger partial charge in [-0.3, -0.25) is 4.90 Å². The summed E-state index contributed by atoms with van der Waals surface area (Å²) < 4.78 is 0. The molecule has 0 amide bonds. The van der Waals surface area contributed by atoms with Crippen LogP contribution in [-0.2, 0) is 0 Å². The Morgan fingerprint density at radius 2 is 2.19 bits per heavy atom. The highest BCUT2D eigenvalue weighted by molar-refractivity contribution is 7.98. The van der Waals surface area contributed by atoms with Crippen molar-refractivity contribution in [3.63, 3.8) is 0 Å². The van der Waals surface area contributed by atoms with Crippen molar-refractivity contribution in [2.24, 2.45) is 0 Å². The van der Waals surface area contributed by atoms with E-state index in [0.717, 1.165) is 6.54 Å². The van der Waals surface area contributed by atoms with Crippen LogP contribution in [-0.4, -0.2) is 48.1 Å². The highest BCUT2D eigenvalue weighted by atomic mass is 32.2. The van der Waals surface area contributed by atoms with E-state index in [2.05, 4.69) is 37.2 Å². The number of piperazine rings is 1. The van der Waals surface area contributed by atoms with Crippen molar-refractivity contribution in [3.05, 3.63) is 0 Å². The van der Waals surface area contributed by atoms with Crippen molar-refractivity contribution >= 4 is 11.8 Å². The van der Waals surface area contributed by atoms with E-state index in [1.54, 1.807) is 0 Å². The monoisotopic (exact) mass is 244 g/mol. The maximum Gasteiger partial charge on any atom is 0.0278 e. The fourth-order valence-electron chi connectivity index (χ4n) is 2.42. The third-order valence-electron chi connectivity index (χ3n) is 3.53. The third kappa shape index (κ3) is 4.27. The van der Waals surface area contributed by atoms with Gasteiger partial charge in [0.05, 0.1) is 0 Å². The van der Waals surface area contributed by atoms with Crippen LogP contribution in [0.25, 0.3) is 0 Å². The summed E-state index contributed by atoms with van der Waals surface area (Å²) >= 11 is 1.96. The molecule has 0 saturated carbocycles. The second kappa shape index (κ2) is 6.87. The largest absolute Gasteiger partial charge is 0.311 e. The minimum Gasteiger partial charge on any atom is -0.311 e. The molecule has 0 bridgehead atoms. The predicted molar refractivity (Wildman–Crippen MR) is 75.3 cm³/mol. The Balaban J connectivity index is 2.41. The zero-order valence-corrected chi connectivity index (χ0v) is 12.2. The molecule has 1 rings (SSSR count). The van der Waals surface area contributed by atoms with Crippen LogP contribution in [0.1, 0.15) is 40.0 Å². The summed E-state index contributed by atoms with van der Waals surface area (Å²) in [4.78, 5) is 2.68. The van der Waals surface area contributed by atoms with Crippen molar-refractivity contribution in [3.8, 4) is 0 Å². The van der Waals surface area contributed by atoms with E-state index in [1.165, 1.54) is 38.1 Å². The van der Waals surface area contributed by atoms with Gasteiger partial charge in [0, 0.05) is 24.7 Å². The van der Waals surface area contributed by atoms with Gasteiger partial charge in [0.25, 0.3) is 0 Å². The molecule has 1 N–H and O–H groups in total. The lowest BCUT2D eigenvalue weighted by molar-refractivity contribution is 0.0643. The molecule has 3 heteroatoms. The molecular weight excluding hydrogens is 216 g/mol. The first-order valence-electron chi connectivity index (χ1n) is 6.57. The Morgan fingerprint density at radius 1 is 1.44 bits per heavy atom. The van der Waals surface area contributed by atoms with Crippen LogP contribution in [0.15, 0.2) is 0 Å². The van der Waals surface area contributed by atoms with E-state index >= 15 is 0 Å². The van der Waals surface area contributed by atoms with Crippen molar-refractivity contribution in [1.82, 2.24) is 10.2 Å². The minimum atomic E-state index is 0.336. The summed E-state index contributed by atoms with van der Waals surface area (Å²) in [6.07, 6.45) is 6.12. The summed E-state index contributed by atoms with van der Waals surface area (Å²) in [5, 5.41) is 3.68. The van der Waals surface area contributed by atoms with Crippen molar-refractivity contribution in [2.75, 3.05) is 31.6 Å². The minimum absolute atomic E-state index is 0.336. The normalized spacial score (nSPS) is 25.9. The van der Waals surface area contributed by atoms with Crippen molar-refractivity contribution < 1.29 is 0 Å². The molecule has 1 aliphatic rings. The molecule has 1 heterocycles. The Bertz CT molecular complexity index is 194. The van der Waals surface area contributed by atoms with Gasteiger partial charge >= 0.3 is 0 Å². The van der Waals surface area contributed by atoms with Crippen LogP contribution in [0.5, 0.6) is 0 Å². The second-order valence-corrected chi connectivity index (χ2v) is 6.46. The summed E-state index contributed by atoms with van der Waals surface area (Å²) in [6, 6.07) is 0.715. The maximum absolute atomic E-state index is 3.68. The van der Waals surface area contributed by atoms with E-state index in [-0.39, 0.29) is 0 Å². The molecule has 1 saturated heterocycles. The van der Waals surface area contributed by atoms with Gasteiger partial charge in [-0.1, -0.05) is 13.3 Å². The predicted octanol–water partition coefficient (Wildman–Crippen LogP) is 2.59. The van der Waals surface area contributed by atoms with Gasteiger partial charge in [0.2, 0.25) is 0 Å². The average molecular weight is 244 g/mol. The van der Waals surface area contributed by atoms with E-state index < -0.39 is 0 Å². The Kier molecular flexibility index (Phi) is 6.16. The van der Waals surface area contributed by atoms with Gasteiger partial charge in [-0.25, -0.2) is 0 Å². The first kappa shape index (κ1) is 14.3. The molecule has 0 aromatic rings. The molecule has 16 heavy (non-hydrogen) atoms. The molecule has 0 aromatic carbocycles. The van der Waals surface area contributed by atoms with Crippen molar-refractivity contribution in [2.45, 2.75) is 51.6 Å². The zero-order valence-electron chi connectivity index (χ0n) is 11.4. The standard InChI is InChI=1S/C13H28N2S/c1-5-7-12-10-15(8-6-9-16-4)13(2,3)11-14-12/h12,14H,5-11H2,1-4H3. The molecule has 2 nitrogen and oxygen atoms in total. The first-order valence-corrected chi connectivity index (χ1v) is 7.97. The number of nitrogens with one attached hydrogen (secondary N) is 1. The van der Waals surface area contributed by atoms with Crippen LogP contribution < -0.4 is 5.32 Å². The van der Waals surface area contributed by atoms with Crippen LogP contribution in [0.2, 0.25) is 0 Å². The van der Waals surface area contributed by atoms with Gasteiger partial charge in [0.15, 0.2) is 0 Å². The van der Waals surface area contributed by atoms with Crippen LogP contribution in [0.4, 0.5) is 0 Å². The summed E-state index contributed by atoms with van der Waals surface area (Å²) in [6.45, 7) is 10.6.